The van der Waals surface area contributed by atoms with Gasteiger partial charge in [0.1, 0.15) is 11.6 Å². The largest absolute Gasteiger partial charge is 0.323 e. The SMILES string of the molecule is Cc1ccccc1N1C[C@H](c2nc3ccccc3n2Cc2c(F)cccc2Cl)CC1=O. The van der Waals surface area contributed by atoms with Crippen LogP contribution in [0.5, 0.6) is 0 Å². The molecule has 0 N–H and O–H groups in total. The molecule has 4 nitrogen and oxygen atoms in total. The molecule has 0 unspecified atom stereocenters. The van der Waals surface area contributed by atoms with Crippen molar-refractivity contribution >= 4 is 34.2 Å². The second-order valence-electron chi connectivity index (χ2n) is 7.94. The molecule has 156 valence electrons. The van der Waals surface area contributed by atoms with E-state index >= 15 is 0 Å². The molecule has 1 saturated heterocycles. The molecule has 4 aromatic rings. The summed E-state index contributed by atoms with van der Waals surface area (Å²) >= 11 is 6.32. The van der Waals surface area contributed by atoms with E-state index in [2.05, 4.69) is 0 Å². The van der Waals surface area contributed by atoms with Gasteiger partial charge < -0.3 is 9.47 Å². The van der Waals surface area contributed by atoms with E-state index in [0.717, 1.165) is 28.1 Å². The van der Waals surface area contributed by atoms with E-state index in [9.17, 15) is 9.18 Å². The van der Waals surface area contributed by atoms with Gasteiger partial charge in [-0.25, -0.2) is 9.37 Å². The Morgan fingerprint density at radius 1 is 1.06 bits per heavy atom. The highest BCUT2D eigenvalue weighted by Gasteiger charge is 2.35. The third-order valence-corrected chi connectivity index (χ3v) is 6.31. The zero-order valence-corrected chi connectivity index (χ0v) is 17.8. The molecule has 0 aliphatic carbocycles. The van der Waals surface area contributed by atoms with Crippen molar-refractivity contribution in [2.24, 2.45) is 0 Å². The number of halogens is 2. The zero-order valence-electron chi connectivity index (χ0n) is 17.1. The molecule has 3 aromatic carbocycles. The number of rotatable bonds is 4. The van der Waals surface area contributed by atoms with Crippen molar-refractivity contribution in [3.63, 3.8) is 0 Å². The lowest BCUT2D eigenvalue weighted by atomic mass is 10.1. The molecule has 2 heterocycles. The Hall–Kier alpha value is -3.18. The molecule has 0 radical (unpaired) electrons. The van der Waals surface area contributed by atoms with Gasteiger partial charge in [-0.15, -0.1) is 0 Å². The van der Waals surface area contributed by atoms with Crippen LogP contribution in [0.25, 0.3) is 11.0 Å². The predicted octanol–water partition coefficient (Wildman–Crippen LogP) is 5.71. The lowest BCUT2D eigenvalue weighted by Crippen LogP contribution is -2.25. The molecule has 1 fully saturated rings. The molecule has 1 aliphatic rings. The molecule has 1 atom stereocenters. The average Bonchev–Trinajstić information content (AvgIpc) is 3.32. The van der Waals surface area contributed by atoms with Gasteiger partial charge in [-0.1, -0.05) is 48.0 Å². The smallest absolute Gasteiger partial charge is 0.227 e. The van der Waals surface area contributed by atoms with Crippen LogP contribution in [0.4, 0.5) is 10.1 Å². The number of para-hydroxylation sites is 3. The van der Waals surface area contributed by atoms with Crippen LogP contribution in [0.1, 0.15) is 29.3 Å². The molecule has 0 bridgehead atoms. The van der Waals surface area contributed by atoms with E-state index in [1.54, 1.807) is 12.1 Å². The monoisotopic (exact) mass is 433 g/mol. The van der Waals surface area contributed by atoms with Crippen LogP contribution in [-0.2, 0) is 11.3 Å². The van der Waals surface area contributed by atoms with Crippen molar-refractivity contribution in [3.05, 3.63) is 94.5 Å². The Morgan fingerprint density at radius 3 is 2.65 bits per heavy atom. The van der Waals surface area contributed by atoms with Crippen molar-refractivity contribution in [2.75, 3.05) is 11.4 Å². The molecule has 1 aromatic heterocycles. The number of aromatic nitrogens is 2. The van der Waals surface area contributed by atoms with E-state index in [-0.39, 0.29) is 24.2 Å². The lowest BCUT2D eigenvalue weighted by Gasteiger charge is -2.19. The Labute approximate surface area is 184 Å². The molecule has 0 saturated carbocycles. The standard InChI is InChI=1S/C25H21ClFN3O/c1-16-7-2-4-11-22(16)29-14-17(13-24(29)31)25-28-21-10-3-5-12-23(21)30(25)15-18-19(26)8-6-9-20(18)27/h2-12,17H,13-15H2,1H3/t17-/m1/s1. The summed E-state index contributed by atoms with van der Waals surface area (Å²) in [6.07, 6.45) is 0.364. The normalized spacial score (nSPS) is 16.4. The van der Waals surface area contributed by atoms with E-state index < -0.39 is 0 Å². The number of imidazole rings is 1. The number of aryl methyl sites for hydroxylation is 1. The topological polar surface area (TPSA) is 38.1 Å². The van der Waals surface area contributed by atoms with Crippen LogP contribution in [-0.4, -0.2) is 22.0 Å². The van der Waals surface area contributed by atoms with Gasteiger partial charge in [0, 0.05) is 35.2 Å². The van der Waals surface area contributed by atoms with Gasteiger partial charge in [-0.3, -0.25) is 4.79 Å². The predicted molar refractivity (Wildman–Crippen MR) is 121 cm³/mol. The number of carbonyl (C=O) groups excluding carboxylic acids is 1. The molecule has 1 amide bonds. The fourth-order valence-electron chi connectivity index (χ4n) is 4.39. The number of nitrogens with zero attached hydrogens (tertiary/aromatic N) is 3. The Morgan fingerprint density at radius 2 is 1.84 bits per heavy atom. The van der Waals surface area contributed by atoms with Crippen LogP contribution in [0.15, 0.2) is 66.7 Å². The summed E-state index contributed by atoms with van der Waals surface area (Å²) in [6.45, 7) is 2.81. The van der Waals surface area contributed by atoms with Gasteiger partial charge >= 0.3 is 0 Å². The van der Waals surface area contributed by atoms with Crippen molar-refractivity contribution < 1.29 is 9.18 Å². The first-order valence-electron chi connectivity index (χ1n) is 10.3. The summed E-state index contributed by atoms with van der Waals surface area (Å²) in [5.74, 6) is 0.414. The molecule has 6 heteroatoms. The summed E-state index contributed by atoms with van der Waals surface area (Å²) in [6, 6.07) is 20.4. The number of anilines is 1. The van der Waals surface area contributed by atoms with Crippen LogP contribution in [0, 0.1) is 12.7 Å². The van der Waals surface area contributed by atoms with Crippen molar-refractivity contribution in [1.29, 1.82) is 0 Å². The van der Waals surface area contributed by atoms with Gasteiger partial charge in [0.25, 0.3) is 0 Å². The first kappa shape index (κ1) is 19.8. The summed E-state index contributed by atoms with van der Waals surface area (Å²) in [5.41, 5.74) is 4.14. The lowest BCUT2D eigenvalue weighted by molar-refractivity contribution is -0.117. The van der Waals surface area contributed by atoms with Crippen LogP contribution < -0.4 is 4.90 Å². The first-order valence-corrected chi connectivity index (χ1v) is 10.6. The van der Waals surface area contributed by atoms with Gasteiger partial charge in [-0.05, 0) is 42.8 Å². The summed E-state index contributed by atoms with van der Waals surface area (Å²) < 4.78 is 16.6. The van der Waals surface area contributed by atoms with Gasteiger partial charge in [0.2, 0.25) is 5.91 Å². The number of benzene rings is 3. The first-order chi connectivity index (χ1) is 15.0. The number of fused-ring (bicyclic) bond motifs is 1. The zero-order chi connectivity index (χ0) is 21.5. The highest BCUT2D eigenvalue weighted by molar-refractivity contribution is 6.31. The molecular formula is C25H21ClFN3O. The van der Waals surface area contributed by atoms with Crippen molar-refractivity contribution in [1.82, 2.24) is 9.55 Å². The highest BCUT2D eigenvalue weighted by atomic mass is 35.5. The van der Waals surface area contributed by atoms with Gasteiger partial charge in [0.15, 0.2) is 0 Å². The average molecular weight is 434 g/mol. The number of amides is 1. The van der Waals surface area contributed by atoms with Crippen LogP contribution >= 0.6 is 11.6 Å². The minimum atomic E-state index is -0.347. The maximum Gasteiger partial charge on any atom is 0.227 e. The van der Waals surface area contributed by atoms with E-state index in [0.29, 0.717) is 23.6 Å². The Bertz CT molecular complexity index is 1280. The Kier molecular flexibility index (Phi) is 4.98. The maximum absolute atomic E-state index is 14.6. The van der Waals surface area contributed by atoms with Crippen LogP contribution in [0.3, 0.4) is 0 Å². The fraction of sp³-hybridized carbons (Fsp3) is 0.200. The summed E-state index contributed by atoms with van der Waals surface area (Å²) in [7, 11) is 0. The summed E-state index contributed by atoms with van der Waals surface area (Å²) in [4.78, 5) is 19.6. The number of hydrogen-bond acceptors (Lipinski definition) is 2. The molecule has 0 spiro atoms. The van der Waals surface area contributed by atoms with Crippen molar-refractivity contribution in [2.45, 2.75) is 25.8 Å². The number of hydrogen-bond donors (Lipinski definition) is 0. The molecule has 31 heavy (non-hydrogen) atoms. The van der Waals surface area contributed by atoms with Gasteiger partial charge in [0.05, 0.1) is 17.6 Å². The fourth-order valence-corrected chi connectivity index (χ4v) is 4.62. The third-order valence-electron chi connectivity index (χ3n) is 5.96. The minimum Gasteiger partial charge on any atom is -0.323 e. The van der Waals surface area contributed by atoms with Crippen molar-refractivity contribution in [3.8, 4) is 0 Å². The second-order valence-corrected chi connectivity index (χ2v) is 8.34. The maximum atomic E-state index is 14.6. The molecule has 5 rings (SSSR count). The minimum absolute atomic E-state index is 0.0711. The highest BCUT2D eigenvalue weighted by Crippen LogP contribution is 2.35. The molecule has 1 aliphatic heterocycles. The molecular weight excluding hydrogens is 413 g/mol. The van der Waals surface area contributed by atoms with E-state index in [1.807, 2.05) is 64.9 Å². The quantitative estimate of drug-likeness (QED) is 0.413. The van der Waals surface area contributed by atoms with Crippen LogP contribution in [0.2, 0.25) is 5.02 Å². The van der Waals surface area contributed by atoms with E-state index in [1.165, 1.54) is 6.07 Å². The summed E-state index contributed by atoms with van der Waals surface area (Å²) in [5, 5.41) is 0.382. The second kappa shape index (κ2) is 7.82. The third kappa shape index (κ3) is 3.49. The van der Waals surface area contributed by atoms with E-state index in [4.69, 9.17) is 16.6 Å². The Balaban J connectivity index is 1.57. The van der Waals surface area contributed by atoms with Gasteiger partial charge in [-0.2, -0.15) is 0 Å². The number of carbonyl (C=O) groups is 1.